The number of halogens is 4. The normalized spacial score (nSPS) is 11.7. The molecule has 0 amide bonds. The van der Waals surface area contributed by atoms with Crippen molar-refractivity contribution in [1.82, 2.24) is 9.97 Å². The van der Waals surface area contributed by atoms with E-state index >= 15 is 0 Å². The molecule has 11 heteroatoms. The number of carbonyl (C=O) groups is 1. The van der Waals surface area contributed by atoms with Crippen LogP contribution in [0.1, 0.15) is 25.0 Å². The van der Waals surface area contributed by atoms with Gasteiger partial charge >= 0.3 is 18.3 Å². The Morgan fingerprint density at radius 1 is 1.06 bits per heavy atom. The molecule has 1 aromatic heterocycles. The van der Waals surface area contributed by atoms with E-state index < -0.39 is 23.6 Å². The molecule has 2 N–H and O–H groups in total. The molecule has 0 radical (unpaired) electrons. The van der Waals surface area contributed by atoms with Crippen molar-refractivity contribution in [3.8, 4) is 23.0 Å². The highest BCUT2D eigenvalue weighted by Gasteiger charge is 2.33. The summed E-state index contributed by atoms with van der Waals surface area (Å²) in [5.41, 5.74) is 0.175. The van der Waals surface area contributed by atoms with E-state index in [2.05, 4.69) is 20.0 Å². The Bertz CT molecular complexity index is 1200. The average Bonchev–Trinajstić information content (AvgIpc) is 2.79. The Morgan fingerprint density at radius 2 is 1.74 bits per heavy atom. The highest BCUT2D eigenvalue weighted by atomic mass is 19.4. The minimum absolute atomic E-state index is 0.00698. The lowest BCUT2D eigenvalue weighted by Crippen LogP contribution is -2.29. The smallest absolute Gasteiger partial charge is 0.481 e. The Labute approximate surface area is 198 Å². The molecular weight excluding hydrogens is 470 g/mol. The second-order valence-corrected chi connectivity index (χ2v) is 8.12. The molecule has 3 rings (SSSR count). The first-order valence-corrected chi connectivity index (χ1v) is 10.4. The number of hydrogen-bond donors (Lipinski definition) is 2. The van der Waals surface area contributed by atoms with E-state index in [0.29, 0.717) is 30.0 Å². The van der Waals surface area contributed by atoms with Gasteiger partial charge in [0.1, 0.15) is 17.4 Å². The Balaban J connectivity index is 1.77. The summed E-state index contributed by atoms with van der Waals surface area (Å²) in [7, 11) is 1.39. The van der Waals surface area contributed by atoms with E-state index in [1.165, 1.54) is 63.4 Å². The van der Waals surface area contributed by atoms with Crippen LogP contribution in [0.5, 0.6) is 11.8 Å². The first kappa shape index (κ1) is 25.7. The van der Waals surface area contributed by atoms with Gasteiger partial charge in [-0.2, -0.15) is 9.97 Å². The molecule has 7 nitrogen and oxygen atoms in total. The van der Waals surface area contributed by atoms with E-state index in [9.17, 15) is 27.5 Å². The van der Waals surface area contributed by atoms with Gasteiger partial charge in [-0.15, -0.1) is 13.2 Å². The molecule has 2 aromatic carbocycles. The van der Waals surface area contributed by atoms with Gasteiger partial charge in [-0.3, -0.25) is 4.79 Å². The number of hydrogen-bond acceptors (Lipinski definition) is 6. The highest BCUT2D eigenvalue weighted by Crippen LogP contribution is 2.31. The molecule has 0 aliphatic rings. The number of nitrogens with zero attached hydrogens (tertiary/aromatic N) is 2. The predicted octanol–water partition coefficient (Wildman–Crippen LogP) is 5.21. The van der Waals surface area contributed by atoms with Crippen LogP contribution in [-0.2, 0) is 16.6 Å². The second kappa shape index (κ2) is 10.2. The molecular formula is C24H23F4N3O4. The number of rotatable bonds is 9. The van der Waals surface area contributed by atoms with Crippen molar-refractivity contribution in [2.45, 2.75) is 32.0 Å². The zero-order valence-electron chi connectivity index (χ0n) is 19.1. The topological polar surface area (TPSA) is 93.6 Å². The Kier molecular flexibility index (Phi) is 7.47. The summed E-state index contributed by atoms with van der Waals surface area (Å²) in [6, 6.07) is 11.3. The fourth-order valence-electron chi connectivity index (χ4n) is 3.23. The molecule has 0 aliphatic heterocycles. The van der Waals surface area contributed by atoms with E-state index in [1.54, 1.807) is 6.07 Å². The van der Waals surface area contributed by atoms with E-state index in [-0.39, 0.29) is 17.3 Å². The summed E-state index contributed by atoms with van der Waals surface area (Å²) >= 11 is 0. The van der Waals surface area contributed by atoms with Crippen LogP contribution in [0.3, 0.4) is 0 Å². The number of aromatic nitrogens is 2. The van der Waals surface area contributed by atoms with E-state index in [4.69, 9.17) is 4.74 Å². The maximum Gasteiger partial charge on any atom is 0.573 e. The van der Waals surface area contributed by atoms with Crippen LogP contribution in [0.4, 0.5) is 23.4 Å². The summed E-state index contributed by atoms with van der Waals surface area (Å²) in [6.45, 7) is 3.21. The van der Waals surface area contributed by atoms with E-state index in [0.717, 1.165) is 5.56 Å². The number of methoxy groups -OCH3 is 1. The lowest BCUT2D eigenvalue weighted by Gasteiger charge is -2.21. The van der Waals surface area contributed by atoms with Crippen LogP contribution in [0.15, 0.2) is 48.5 Å². The third-order valence-corrected chi connectivity index (χ3v) is 5.24. The second-order valence-electron chi connectivity index (χ2n) is 8.12. The third-order valence-electron chi connectivity index (χ3n) is 5.24. The number of aliphatic carboxylic acids is 1. The fraction of sp³-hybridized carbons (Fsp3) is 0.292. The van der Waals surface area contributed by atoms with Gasteiger partial charge in [0, 0.05) is 23.7 Å². The Morgan fingerprint density at radius 3 is 2.34 bits per heavy atom. The van der Waals surface area contributed by atoms with Gasteiger partial charge in [0.05, 0.1) is 18.2 Å². The molecule has 1 heterocycles. The molecule has 0 spiro atoms. The standard InChI is InChI=1S/C24H23F4N3O4/c1-23(2,21(32)33)17-12-15(6-9-18(17)25)19-13-20(31-22(30-19)34-3)29-11-10-14-4-7-16(8-5-14)35-24(26,27)28/h4-9,12-13H,10-11H2,1-3H3,(H,32,33)(H,29,30,31). The first-order valence-electron chi connectivity index (χ1n) is 10.4. The first-order chi connectivity index (χ1) is 16.4. The van der Waals surface area contributed by atoms with Crippen molar-refractivity contribution < 1.29 is 36.9 Å². The lowest BCUT2D eigenvalue weighted by atomic mass is 9.83. The third kappa shape index (κ3) is 6.58. The van der Waals surface area contributed by atoms with Crippen LogP contribution in [0.2, 0.25) is 0 Å². The van der Waals surface area contributed by atoms with Crippen LogP contribution in [0.25, 0.3) is 11.3 Å². The Hall–Kier alpha value is -3.89. The number of alkyl halides is 3. The quantitative estimate of drug-likeness (QED) is 0.396. The number of benzene rings is 2. The number of ether oxygens (including phenoxy) is 2. The van der Waals surface area contributed by atoms with Crippen molar-refractivity contribution in [2.24, 2.45) is 0 Å². The molecule has 0 unspecified atom stereocenters. The average molecular weight is 493 g/mol. The van der Waals surface area contributed by atoms with Gasteiger partial charge in [-0.05, 0) is 56.2 Å². The van der Waals surface area contributed by atoms with Crippen LogP contribution in [0, 0.1) is 5.82 Å². The number of nitrogens with one attached hydrogen (secondary N) is 1. The molecule has 0 bridgehead atoms. The summed E-state index contributed by atoms with van der Waals surface area (Å²) in [5, 5.41) is 12.6. The van der Waals surface area contributed by atoms with Crippen molar-refractivity contribution in [1.29, 1.82) is 0 Å². The van der Waals surface area contributed by atoms with Crippen LogP contribution in [-0.4, -0.2) is 41.1 Å². The molecule has 35 heavy (non-hydrogen) atoms. The van der Waals surface area contributed by atoms with Gasteiger partial charge in [0.15, 0.2) is 0 Å². The summed E-state index contributed by atoms with van der Waals surface area (Å²) < 4.78 is 60.3. The van der Waals surface area contributed by atoms with Gasteiger partial charge in [-0.25, -0.2) is 4.39 Å². The zero-order chi connectivity index (χ0) is 25.8. The molecule has 0 saturated carbocycles. The van der Waals surface area contributed by atoms with Crippen molar-refractivity contribution >= 4 is 11.8 Å². The van der Waals surface area contributed by atoms with Gasteiger partial charge in [0.25, 0.3) is 0 Å². The molecule has 0 fully saturated rings. The monoisotopic (exact) mass is 493 g/mol. The van der Waals surface area contributed by atoms with Gasteiger partial charge < -0.3 is 19.9 Å². The van der Waals surface area contributed by atoms with E-state index in [1.807, 2.05) is 0 Å². The van der Waals surface area contributed by atoms with Gasteiger partial charge in [0.2, 0.25) is 0 Å². The summed E-state index contributed by atoms with van der Waals surface area (Å²) in [6.07, 6.45) is -4.27. The van der Waals surface area contributed by atoms with Crippen LogP contribution < -0.4 is 14.8 Å². The molecule has 0 saturated heterocycles. The zero-order valence-corrected chi connectivity index (χ0v) is 19.1. The number of carboxylic acids is 1. The molecule has 3 aromatic rings. The predicted molar refractivity (Wildman–Crippen MR) is 120 cm³/mol. The summed E-state index contributed by atoms with van der Waals surface area (Å²) in [5.74, 6) is -1.72. The molecule has 0 aliphatic carbocycles. The van der Waals surface area contributed by atoms with Crippen molar-refractivity contribution in [3.05, 3.63) is 65.5 Å². The molecule has 186 valence electrons. The maximum absolute atomic E-state index is 14.4. The van der Waals surface area contributed by atoms with Crippen molar-refractivity contribution in [2.75, 3.05) is 19.0 Å². The minimum Gasteiger partial charge on any atom is -0.481 e. The van der Waals surface area contributed by atoms with Crippen molar-refractivity contribution in [3.63, 3.8) is 0 Å². The van der Waals surface area contributed by atoms with Gasteiger partial charge in [-0.1, -0.05) is 12.1 Å². The maximum atomic E-state index is 14.4. The number of carboxylic acid groups (broad SMARTS) is 1. The lowest BCUT2D eigenvalue weighted by molar-refractivity contribution is -0.274. The highest BCUT2D eigenvalue weighted by molar-refractivity contribution is 5.81. The SMILES string of the molecule is COc1nc(NCCc2ccc(OC(F)(F)F)cc2)cc(-c2ccc(F)c(C(C)(C)C(=O)O)c2)n1. The fourth-order valence-corrected chi connectivity index (χ4v) is 3.23. The molecule has 0 atom stereocenters. The van der Waals surface area contributed by atoms with Crippen LogP contribution >= 0.6 is 0 Å². The largest absolute Gasteiger partial charge is 0.573 e. The minimum atomic E-state index is -4.75. The summed E-state index contributed by atoms with van der Waals surface area (Å²) in [4.78, 5) is 20.1. The number of anilines is 1.